The largest absolute Gasteiger partial charge is 0.358 e. The highest BCUT2D eigenvalue weighted by atomic mass is 16.2. The van der Waals surface area contributed by atoms with Crippen LogP contribution in [0.3, 0.4) is 0 Å². The van der Waals surface area contributed by atoms with E-state index in [4.69, 9.17) is 0 Å². The molecular weight excluding hydrogens is 214 g/mol. The summed E-state index contributed by atoms with van der Waals surface area (Å²) in [6, 6.07) is 0.279. The van der Waals surface area contributed by atoms with Gasteiger partial charge in [-0.1, -0.05) is 13.8 Å². The van der Waals surface area contributed by atoms with Crippen LogP contribution in [-0.4, -0.2) is 49.6 Å². The molecule has 0 bridgehead atoms. The molecule has 102 valence electrons. The number of likely N-dealkylation sites (N-methyl/N-ethyl adjacent to an activating group) is 1. The van der Waals surface area contributed by atoms with Crippen molar-refractivity contribution >= 4 is 5.91 Å². The van der Waals surface area contributed by atoms with Gasteiger partial charge in [0.1, 0.15) is 0 Å². The molecule has 2 unspecified atom stereocenters. The Hall–Kier alpha value is -0.610. The highest BCUT2D eigenvalue weighted by Crippen LogP contribution is 2.00. The maximum atomic E-state index is 11.3. The molecule has 4 nitrogen and oxygen atoms in total. The zero-order chi connectivity index (χ0) is 13.3. The molecule has 0 saturated carbocycles. The van der Waals surface area contributed by atoms with Crippen LogP contribution in [0.4, 0.5) is 0 Å². The predicted molar refractivity (Wildman–Crippen MR) is 73.1 cm³/mol. The molecule has 0 aliphatic carbocycles. The van der Waals surface area contributed by atoms with Gasteiger partial charge in [-0.15, -0.1) is 0 Å². The van der Waals surface area contributed by atoms with Crippen LogP contribution in [-0.2, 0) is 4.79 Å². The summed E-state index contributed by atoms with van der Waals surface area (Å²) in [5.74, 6) is 0.0561. The molecule has 2 atom stereocenters. The predicted octanol–water partition coefficient (Wildman–Crippen LogP) is 1.22. The van der Waals surface area contributed by atoms with Gasteiger partial charge in [0, 0.05) is 13.1 Å². The van der Waals surface area contributed by atoms with Crippen LogP contribution in [0.1, 0.15) is 40.5 Å². The molecule has 1 amide bonds. The van der Waals surface area contributed by atoms with E-state index in [1.807, 2.05) is 6.92 Å². The normalized spacial score (nSPS) is 14.7. The molecule has 0 aromatic rings. The van der Waals surface area contributed by atoms with Gasteiger partial charge >= 0.3 is 0 Å². The lowest BCUT2D eigenvalue weighted by molar-refractivity contribution is -0.122. The summed E-state index contributed by atoms with van der Waals surface area (Å²) in [5.41, 5.74) is 0. The molecule has 0 aliphatic heterocycles. The van der Waals surface area contributed by atoms with Crippen molar-refractivity contribution in [2.45, 2.75) is 52.6 Å². The number of hydrogen-bond donors (Lipinski definition) is 2. The third-order valence-electron chi connectivity index (χ3n) is 3.18. The summed E-state index contributed by atoms with van der Waals surface area (Å²) < 4.78 is 0. The average Bonchev–Trinajstić information content (AvgIpc) is 2.33. The minimum absolute atomic E-state index is 0.0561. The van der Waals surface area contributed by atoms with E-state index in [1.54, 1.807) is 7.05 Å². The lowest BCUT2D eigenvalue weighted by Crippen LogP contribution is -2.44. The second-order valence-corrected chi connectivity index (χ2v) is 4.57. The van der Waals surface area contributed by atoms with Gasteiger partial charge in [0.05, 0.1) is 6.04 Å². The van der Waals surface area contributed by atoms with Crippen molar-refractivity contribution in [1.82, 2.24) is 15.5 Å². The van der Waals surface area contributed by atoms with Gasteiger partial charge in [-0.2, -0.15) is 0 Å². The minimum Gasteiger partial charge on any atom is -0.358 e. The van der Waals surface area contributed by atoms with Gasteiger partial charge in [-0.25, -0.2) is 0 Å². The monoisotopic (exact) mass is 243 g/mol. The van der Waals surface area contributed by atoms with Gasteiger partial charge < -0.3 is 15.5 Å². The quantitative estimate of drug-likeness (QED) is 0.640. The smallest absolute Gasteiger partial charge is 0.236 e. The highest BCUT2D eigenvalue weighted by molar-refractivity contribution is 5.80. The standard InChI is InChI=1S/C13H29N3O/c1-6-16(7-2)10-8-9-11(3)15-12(4)13(17)14-5/h11-12,15H,6-10H2,1-5H3,(H,14,17). The van der Waals surface area contributed by atoms with E-state index in [1.165, 1.54) is 6.42 Å². The van der Waals surface area contributed by atoms with Gasteiger partial charge in [0.15, 0.2) is 0 Å². The summed E-state index contributed by atoms with van der Waals surface area (Å²) in [7, 11) is 1.67. The first-order valence-electron chi connectivity index (χ1n) is 6.75. The second-order valence-electron chi connectivity index (χ2n) is 4.57. The summed E-state index contributed by atoms with van der Waals surface area (Å²) in [6.45, 7) is 11.8. The third-order valence-corrected chi connectivity index (χ3v) is 3.18. The van der Waals surface area contributed by atoms with Crippen LogP contribution in [0.2, 0.25) is 0 Å². The fraction of sp³-hybridized carbons (Fsp3) is 0.923. The number of nitrogens with zero attached hydrogens (tertiary/aromatic N) is 1. The molecular formula is C13H29N3O. The Balaban J connectivity index is 3.72. The van der Waals surface area contributed by atoms with E-state index >= 15 is 0 Å². The lowest BCUT2D eigenvalue weighted by Gasteiger charge is -2.21. The van der Waals surface area contributed by atoms with Crippen molar-refractivity contribution in [3.63, 3.8) is 0 Å². The Morgan fingerprint density at radius 3 is 2.29 bits per heavy atom. The van der Waals surface area contributed by atoms with E-state index in [-0.39, 0.29) is 11.9 Å². The van der Waals surface area contributed by atoms with Crippen molar-refractivity contribution < 1.29 is 4.79 Å². The molecule has 17 heavy (non-hydrogen) atoms. The molecule has 0 saturated heterocycles. The van der Waals surface area contributed by atoms with Crippen molar-refractivity contribution in [2.24, 2.45) is 0 Å². The number of amides is 1. The number of hydrogen-bond acceptors (Lipinski definition) is 3. The SMILES string of the molecule is CCN(CC)CCCC(C)NC(C)C(=O)NC. The first-order chi connectivity index (χ1) is 8.04. The van der Waals surface area contributed by atoms with E-state index < -0.39 is 0 Å². The van der Waals surface area contributed by atoms with Gasteiger partial charge in [0.2, 0.25) is 5.91 Å². The van der Waals surface area contributed by atoms with Gasteiger partial charge in [-0.3, -0.25) is 4.79 Å². The molecule has 0 aliphatic rings. The summed E-state index contributed by atoms with van der Waals surface area (Å²) in [5, 5.41) is 5.96. The van der Waals surface area contributed by atoms with E-state index in [9.17, 15) is 4.79 Å². The first-order valence-corrected chi connectivity index (χ1v) is 6.75. The van der Waals surface area contributed by atoms with Crippen molar-refractivity contribution in [3.05, 3.63) is 0 Å². The summed E-state index contributed by atoms with van der Waals surface area (Å²) in [4.78, 5) is 13.8. The van der Waals surface area contributed by atoms with Gasteiger partial charge in [0.25, 0.3) is 0 Å². The number of nitrogens with one attached hydrogen (secondary N) is 2. The zero-order valence-electron chi connectivity index (χ0n) is 12.0. The van der Waals surface area contributed by atoms with Crippen molar-refractivity contribution in [3.8, 4) is 0 Å². The zero-order valence-corrected chi connectivity index (χ0v) is 12.0. The molecule has 0 heterocycles. The maximum Gasteiger partial charge on any atom is 0.236 e. The van der Waals surface area contributed by atoms with Crippen LogP contribution in [0.5, 0.6) is 0 Å². The van der Waals surface area contributed by atoms with Crippen LogP contribution in [0.25, 0.3) is 0 Å². The maximum absolute atomic E-state index is 11.3. The molecule has 2 N–H and O–H groups in total. The Bertz CT molecular complexity index is 205. The highest BCUT2D eigenvalue weighted by Gasteiger charge is 2.13. The van der Waals surface area contributed by atoms with Crippen molar-refractivity contribution in [1.29, 1.82) is 0 Å². The molecule has 0 rings (SSSR count). The fourth-order valence-electron chi connectivity index (χ4n) is 1.96. The number of rotatable bonds is 9. The summed E-state index contributed by atoms with van der Waals surface area (Å²) >= 11 is 0. The first kappa shape index (κ1) is 16.4. The topological polar surface area (TPSA) is 44.4 Å². The Labute approximate surface area is 106 Å². The lowest BCUT2D eigenvalue weighted by atomic mass is 10.1. The van der Waals surface area contributed by atoms with Crippen LogP contribution in [0.15, 0.2) is 0 Å². The number of carbonyl (C=O) groups excluding carboxylic acids is 1. The van der Waals surface area contributed by atoms with E-state index in [0.29, 0.717) is 6.04 Å². The molecule has 0 aromatic carbocycles. The van der Waals surface area contributed by atoms with Crippen LogP contribution in [0, 0.1) is 0 Å². The third kappa shape index (κ3) is 7.34. The molecule has 0 spiro atoms. The molecule has 4 heteroatoms. The molecule has 0 radical (unpaired) electrons. The Morgan fingerprint density at radius 2 is 1.82 bits per heavy atom. The average molecular weight is 243 g/mol. The van der Waals surface area contributed by atoms with Crippen LogP contribution >= 0.6 is 0 Å². The number of carbonyl (C=O) groups is 1. The second kappa shape index (κ2) is 9.42. The minimum atomic E-state index is -0.108. The van der Waals surface area contributed by atoms with Crippen LogP contribution < -0.4 is 10.6 Å². The molecule has 0 aromatic heterocycles. The van der Waals surface area contributed by atoms with Gasteiger partial charge in [-0.05, 0) is 46.3 Å². The van der Waals surface area contributed by atoms with Crippen molar-refractivity contribution in [2.75, 3.05) is 26.7 Å². The Kier molecular flexibility index (Phi) is 9.09. The fourth-order valence-corrected chi connectivity index (χ4v) is 1.96. The molecule has 0 fully saturated rings. The summed E-state index contributed by atoms with van der Waals surface area (Å²) in [6.07, 6.45) is 2.29. The van der Waals surface area contributed by atoms with E-state index in [2.05, 4.69) is 36.3 Å². The van der Waals surface area contributed by atoms with E-state index in [0.717, 1.165) is 26.1 Å². The Morgan fingerprint density at radius 1 is 1.24 bits per heavy atom.